The summed E-state index contributed by atoms with van der Waals surface area (Å²) in [6.07, 6.45) is 0.383. The van der Waals surface area contributed by atoms with Gasteiger partial charge in [-0.25, -0.2) is 0 Å². The summed E-state index contributed by atoms with van der Waals surface area (Å²) in [5, 5.41) is 3.12. The lowest BCUT2D eigenvalue weighted by Crippen LogP contribution is -2.43. The van der Waals surface area contributed by atoms with Crippen molar-refractivity contribution in [3.63, 3.8) is 0 Å². The third-order valence-electron chi connectivity index (χ3n) is 4.83. The van der Waals surface area contributed by atoms with Crippen molar-refractivity contribution in [3.8, 4) is 0 Å². The average Bonchev–Trinajstić information content (AvgIpc) is 2.73. The highest BCUT2D eigenvalue weighted by Crippen LogP contribution is 2.16. The van der Waals surface area contributed by atoms with Gasteiger partial charge in [-0.1, -0.05) is 58.4 Å². The molecule has 6 heteroatoms. The second kappa shape index (κ2) is 10.5. The molecule has 148 valence electrons. The largest absolute Gasteiger partial charge is 0.379 e. The molecule has 5 nitrogen and oxygen atoms in total. The number of halogens is 1. The van der Waals surface area contributed by atoms with E-state index in [9.17, 15) is 9.59 Å². The van der Waals surface area contributed by atoms with Gasteiger partial charge in [0.2, 0.25) is 5.91 Å². The number of morpholine rings is 1. The highest BCUT2D eigenvalue weighted by Gasteiger charge is 2.20. The number of benzene rings is 2. The number of amides is 1. The van der Waals surface area contributed by atoms with Gasteiger partial charge in [0.1, 0.15) is 0 Å². The number of hydrogen-bond donors (Lipinski definition) is 1. The molecule has 0 aliphatic carbocycles. The Hall–Kier alpha value is -2.02. The first-order chi connectivity index (χ1) is 13.6. The van der Waals surface area contributed by atoms with Gasteiger partial charge in [-0.2, -0.15) is 0 Å². The highest BCUT2D eigenvalue weighted by atomic mass is 79.9. The van der Waals surface area contributed by atoms with Crippen molar-refractivity contribution >= 4 is 27.6 Å². The fourth-order valence-corrected chi connectivity index (χ4v) is 3.50. The van der Waals surface area contributed by atoms with Crippen LogP contribution in [-0.2, 0) is 9.53 Å². The van der Waals surface area contributed by atoms with E-state index in [-0.39, 0.29) is 30.6 Å². The lowest BCUT2D eigenvalue weighted by Gasteiger charge is -2.31. The second-order valence-electron chi connectivity index (χ2n) is 6.87. The minimum atomic E-state index is -0.104. The van der Waals surface area contributed by atoms with Crippen LogP contribution in [0.15, 0.2) is 59.1 Å². The molecule has 3 rings (SSSR count). The summed E-state index contributed by atoms with van der Waals surface area (Å²) in [6.45, 7) is 3.90. The zero-order valence-electron chi connectivity index (χ0n) is 15.8. The molecule has 1 saturated heterocycles. The summed E-state index contributed by atoms with van der Waals surface area (Å²) in [6, 6.07) is 17.1. The Kier molecular flexibility index (Phi) is 7.77. The van der Waals surface area contributed by atoms with Crippen molar-refractivity contribution in [2.24, 2.45) is 0 Å². The smallest absolute Gasteiger partial charge is 0.220 e. The predicted molar refractivity (Wildman–Crippen MR) is 112 cm³/mol. The molecule has 2 aromatic rings. The summed E-state index contributed by atoms with van der Waals surface area (Å²) in [5.41, 5.74) is 1.70. The molecular weight excluding hydrogens is 420 g/mol. The number of carbonyl (C=O) groups is 2. The van der Waals surface area contributed by atoms with E-state index in [1.54, 1.807) is 12.1 Å². The molecule has 1 amide bonds. The lowest BCUT2D eigenvalue weighted by molar-refractivity contribution is -0.122. The third kappa shape index (κ3) is 6.26. The Morgan fingerprint density at radius 1 is 1.00 bits per heavy atom. The lowest BCUT2D eigenvalue weighted by atomic mass is 10.0. The van der Waals surface area contributed by atoms with Crippen LogP contribution in [0, 0.1) is 0 Å². The minimum absolute atomic E-state index is 0.0212. The molecule has 28 heavy (non-hydrogen) atoms. The van der Waals surface area contributed by atoms with E-state index < -0.39 is 0 Å². The van der Waals surface area contributed by atoms with E-state index in [1.165, 1.54) is 0 Å². The molecule has 0 spiro atoms. The summed E-state index contributed by atoms with van der Waals surface area (Å²) in [5.74, 6) is -0.125. The molecular formula is C22H25BrN2O3. The maximum atomic E-state index is 12.5. The predicted octanol–water partition coefficient (Wildman–Crippen LogP) is 3.60. The molecule has 2 aromatic carbocycles. The minimum Gasteiger partial charge on any atom is -0.379 e. The first kappa shape index (κ1) is 20.7. The van der Waals surface area contributed by atoms with Crippen LogP contribution < -0.4 is 5.32 Å². The van der Waals surface area contributed by atoms with Crippen molar-refractivity contribution < 1.29 is 14.3 Å². The van der Waals surface area contributed by atoms with Crippen LogP contribution in [0.5, 0.6) is 0 Å². The normalized spacial score (nSPS) is 15.8. The summed E-state index contributed by atoms with van der Waals surface area (Å²) < 4.78 is 6.34. The van der Waals surface area contributed by atoms with E-state index in [4.69, 9.17) is 4.74 Å². The maximum Gasteiger partial charge on any atom is 0.220 e. The highest BCUT2D eigenvalue weighted by molar-refractivity contribution is 9.10. The molecule has 0 bridgehead atoms. The van der Waals surface area contributed by atoms with Crippen molar-refractivity contribution in [1.82, 2.24) is 10.2 Å². The van der Waals surface area contributed by atoms with E-state index in [0.717, 1.165) is 42.9 Å². The van der Waals surface area contributed by atoms with Gasteiger partial charge in [-0.05, 0) is 17.7 Å². The number of nitrogens with zero attached hydrogens (tertiary/aromatic N) is 1. The van der Waals surface area contributed by atoms with E-state index in [0.29, 0.717) is 5.56 Å². The number of carbonyl (C=O) groups excluding carboxylic acids is 2. The van der Waals surface area contributed by atoms with Gasteiger partial charge in [-0.3, -0.25) is 14.5 Å². The zero-order chi connectivity index (χ0) is 19.8. The second-order valence-corrected chi connectivity index (χ2v) is 7.79. The molecule has 1 unspecified atom stereocenters. The molecule has 0 aromatic heterocycles. The molecule has 1 fully saturated rings. The third-order valence-corrected chi connectivity index (χ3v) is 5.36. The number of Topliss-reactive ketones (excluding diaryl/α,β-unsaturated/α-hetero) is 1. The Balaban J connectivity index is 1.57. The molecule has 0 saturated carbocycles. The monoisotopic (exact) mass is 444 g/mol. The Labute approximate surface area is 174 Å². The summed E-state index contributed by atoms with van der Waals surface area (Å²) in [7, 11) is 0. The number of ketones is 1. The standard InChI is InChI=1S/C22H25BrN2O3/c23-19-8-6-18(7-9-19)21(26)10-11-22(27)24-20(17-4-2-1-3-5-17)16-25-12-14-28-15-13-25/h1-9,20H,10-16H2,(H,24,27). The molecule has 1 aliphatic heterocycles. The van der Waals surface area contributed by atoms with E-state index in [2.05, 4.69) is 26.1 Å². The van der Waals surface area contributed by atoms with Gasteiger partial charge in [-0.15, -0.1) is 0 Å². The van der Waals surface area contributed by atoms with Crippen LogP contribution in [0.1, 0.15) is 34.8 Å². The van der Waals surface area contributed by atoms with E-state index >= 15 is 0 Å². The fraction of sp³-hybridized carbons (Fsp3) is 0.364. The summed E-state index contributed by atoms with van der Waals surface area (Å²) in [4.78, 5) is 27.2. The van der Waals surface area contributed by atoms with Crippen LogP contribution in [-0.4, -0.2) is 49.4 Å². The Morgan fingerprint density at radius 2 is 1.68 bits per heavy atom. The van der Waals surface area contributed by atoms with Crippen molar-refractivity contribution in [1.29, 1.82) is 0 Å². The van der Waals surface area contributed by atoms with Crippen LogP contribution in [0.3, 0.4) is 0 Å². The van der Waals surface area contributed by atoms with Crippen LogP contribution in [0.4, 0.5) is 0 Å². The van der Waals surface area contributed by atoms with Crippen LogP contribution in [0.25, 0.3) is 0 Å². The van der Waals surface area contributed by atoms with Gasteiger partial charge in [0.25, 0.3) is 0 Å². The number of rotatable bonds is 8. The average molecular weight is 445 g/mol. The molecule has 1 heterocycles. The van der Waals surface area contributed by atoms with Gasteiger partial charge in [0, 0.05) is 42.5 Å². The molecule has 1 N–H and O–H groups in total. The first-order valence-corrected chi connectivity index (χ1v) is 10.3. The number of nitrogens with one attached hydrogen (secondary N) is 1. The van der Waals surface area contributed by atoms with Gasteiger partial charge in [0.05, 0.1) is 19.3 Å². The molecule has 1 aliphatic rings. The van der Waals surface area contributed by atoms with Crippen molar-refractivity contribution in [2.45, 2.75) is 18.9 Å². The molecule has 0 radical (unpaired) electrons. The summed E-state index contributed by atoms with van der Waals surface area (Å²) >= 11 is 3.36. The van der Waals surface area contributed by atoms with Crippen LogP contribution >= 0.6 is 15.9 Å². The molecule has 1 atom stereocenters. The van der Waals surface area contributed by atoms with Gasteiger partial charge in [0.15, 0.2) is 5.78 Å². The van der Waals surface area contributed by atoms with Crippen molar-refractivity contribution in [3.05, 3.63) is 70.2 Å². The topological polar surface area (TPSA) is 58.6 Å². The maximum absolute atomic E-state index is 12.5. The Morgan fingerprint density at radius 3 is 2.36 bits per heavy atom. The number of hydrogen-bond acceptors (Lipinski definition) is 4. The quantitative estimate of drug-likeness (QED) is 0.631. The first-order valence-electron chi connectivity index (χ1n) is 9.55. The van der Waals surface area contributed by atoms with Gasteiger partial charge >= 0.3 is 0 Å². The number of ether oxygens (including phenoxy) is 1. The Bertz CT molecular complexity index is 774. The van der Waals surface area contributed by atoms with Crippen LogP contribution in [0.2, 0.25) is 0 Å². The fourth-order valence-electron chi connectivity index (χ4n) is 3.24. The zero-order valence-corrected chi connectivity index (χ0v) is 17.4. The van der Waals surface area contributed by atoms with E-state index in [1.807, 2.05) is 42.5 Å². The SMILES string of the molecule is O=C(CCC(=O)c1ccc(Br)cc1)NC(CN1CCOCC1)c1ccccc1. The van der Waals surface area contributed by atoms with Crippen molar-refractivity contribution in [2.75, 3.05) is 32.8 Å². The van der Waals surface area contributed by atoms with Gasteiger partial charge < -0.3 is 10.1 Å².